The Morgan fingerprint density at radius 2 is 1.08 bits per heavy atom. The number of ether oxygens (including phenoxy) is 1. The summed E-state index contributed by atoms with van der Waals surface area (Å²) in [5.41, 5.74) is -6.67. The maximum Gasteiger partial charge on any atom is 0.459 e. The number of benzene rings is 2. The molecule has 6 rings (SSSR count). The molecule has 0 aliphatic carbocycles. The normalized spacial score (nSPS) is 19.6. The molecule has 2 aromatic heterocycles. The van der Waals surface area contributed by atoms with Gasteiger partial charge in [-0.25, -0.2) is 36.4 Å². The Balaban J connectivity index is 1.47. The number of hydrazone groups is 2. The predicted octanol–water partition coefficient (Wildman–Crippen LogP) is 2.77. The molecule has 4 aromatic rings. The second kappa shape index (κ2) is 14.9. The van der Waals surface area contributed by atoms with Gasteiger partial charge >= 0.3 is 12.2 Å². The van der Waals surface area contributed by atoms with Gasteiger partial charge in [0.2, 0.25) is 5.54 Å². The molecule has 23 heteroatoms. The third-order valence-electron chi connectivity index (χ3n) is 8.92. The molecule has 59 heavy (non-hydrogen) atoms. The van der Waals surface area contributed by atoms with Gasteiger partial charge in [0.25, 0.3) is 11.8 Å². The van der Waals surface area contributed by atoms with Gasteiger partial charge in [0, 0.05) is 48.4 Å². The van der Waals surface area contributed by atoms with E-state index in [1.54, 1.807) is 0 Å². The zero-order valence-electron chi connectivity index (χ0n) is 32.4. The van der Waals surface area contributed by atoms with Crippen LogP contribution in [0.15, 0.2) is 106 Å². The quantitative estimate of drug-likeness (QED) is 0.197. The van der Waals surface area contributed by atoms with Crippen LogP contribution in [0.2, 0.25) is 0 Å². The van der Waals surface area contributed by atoms with Crippen molar-refractivity contribution in [2.75, 3.05) is 22.5 Å². The van der Waals surface area contributed by atoms with E-state index in [2.05, 4.69) is 30.1 Å². The standard InChI is InChI=1S/C36H36N10O11S2/c1-34(2,3)56-33(50)46(36(5)29(23-10-14-25(15-11-23)59(7,54)55)42-44(31(36)48)27-21-38-17-19-40-27)57-32(49)45(51)35(4)28(22-8-12-24(13-9-22)58(6,52)53)41-43(30(35)47)26-20-37-16-18-39-26/h8-21,51H,1-7H3. The molecule has 0 bridgehead atoms. The minimum atomic E-state index is -3.68. The monoisotopic (exact) mass is 848 g/mol. The third-order valence-corrected chi connectivity index (χ3v) is 11.2. The van der Waals surface area contributed by atoms with Crippen LogP contribution in [0.1, 0.15) is 45.7 Å². The van der Waals surface area contributed by atoms with Gasteiger partial charge in [-0.05, 0) is 58.9 Å². The van der Waals surface area contributed by atoms with Crippen molar-refractivity contribution in [3.8, 4) is 0 Å². The highest BCUT2D eigenvalue weighted by molar-refractivity contribution is 7.91. The smallest absolute Gasteiger partial charge is 0.442 e. The zero-order valence-corrected chi connectivity index (χ0v) is 34.0. The minimum Gasteiger partial charge on any atom is -0.442 e. The van der Waals surface area contributed by atoms with Crippen molar-refractivity contribution in [3.05, 3.63) is 96.8 Å². The van der Waals surface area contributed by atoms with E-state index in [-0.39, 0.29) is 54.1 Å². The molecular weight excluding hydrogens is 813 g/mol. The van der Waals surface area contributed by atoms with E-state index in [4.69, 9.17) is 9.57 Å². The average molecular weight is 849 g/mol. The van der Waals surface area contributed by atoms with E-state index in [0.29, 0.717) is 0 Å². The molecule has 0 radical (unpaired) electrons. The summed E-state index contributed by atoms with van der Waals surface area (Å²) in [6, 6.07) is 10.1. The van der Waals surface area contributed by atoms with Gasteiger partial charge in [-0.15, -0.1) is 5.06 Å². The lowest BCUT2D eigenvalue weighted by Gasteiger charge is -2.38. The Labute approximate surface area is 337 Å². The summed E-state index contributed by atoms with van der Waals surface area (Å²) in [5.74, 6) is -2.37. The van der Waals surface area contributed by atoms with Crippen LogP contribution in [0, 0.1) is 0 Å². The Morgan fingerprint density at radius 1 is 0.678 bits per heavy atom. The molecule has 308 valence electrons. The lowest BCUT2D eigenvalue weighted by molar-refractivity contribution is -0.190. The Hall–Kier alpha value is -6.72. The maximum absolute atomic E-state index is 14.6. The molecule has 2 atom stereocenters. The van der Waals surface area contributed by atoms with Crippen molar-refractivity contribution < 1.29 is 50.8 Å². The van der Waals surface area contributed by atoms with Crippen LogP contribution in [0.25, 0.3) is 0 Å². The van der Waals surface area contributed by atoms with E-state index < -0.39 is 60.4 Å². The van der Waals surface area contributed by atoms with Crippen molar-refractivity contribution in [1.82, 2.24) is 30.1 Å². The first-order chi connectivity index (χ1) is 27.5. The number of hydrogen-bond acceptors (Lipinski definition) is 17. The number of sulfone groups is 2. The zero-order chi connectivity index (χ0) is 43.3. The fourth-order valence-corrected chi connectivity index (χ4v) is 7.16. The summed E-state index contributed by atoms with van der Waals surface area (Å²) in [4.78, 5) is 79.0. The van der Waals surface area contributed by atoms with Gasteiger partial charge in [0.15, 0.2) is 36.8 Å². The average Bonchev–Trinajstić information content (AvgIpc) is 3.61. The van der Waals surface area contributed by atoms with Crippen LogP contribution < -0.4 is 10.0 Å². The van der Waals surface area contributed by atoms with E-state index in [9.17, 15) is 41.2 Å². The lowest BCUT2D eigenvalue weighted by atomic mass is 9.89. The molecule has 0 fully saturated rings. The first-order valence-electron chi connectivity index (χ1n) is 17.2. The van der Waals surface area contributed by atoms with E-state index >= 15 is 0 Å². The maximum atomic E-state index is 14.6. The molecule has 2 unspecified atom stereocenters. The van der Waals surface area contributed by atoms with Crippen LogP contribution in [0.3, 0.4) is 0 Å². The van der Waals surface area contributed by atoms with Gasteiger partial charge in [-0.3, -0.25) is 24.8 Å². The van der Waals surface area contributed by atoms with Gasteiger partial charge in [0.1, 0.15) is 17.0 Å². The van der Waals surface area contributed by atoms with Crippen LogP contribution >= 0.6 is 0 Å². The van der Waals surface area contributed by atoms with Crippen LogP contribution in [-0.4, -0.2) is 117 Å². The van der Waals surface area contributed by atoms with Gasteiger partial charge in [-0.2, -0.15) is 25.3 Å². The van der Waals surface area contributed by atoms with Crippen molar-refractivity contribution in [3.63, 3.8) is 0 Å². The Morgan fingerprint density at radius 3 is 1.46 bits per heavy atom. The number of carbonyl (C=O) groups excluding carboxylic acids is 4. The number of hydroxylamine groups is 4. The van der Waals surface area contributed by atoms with Crippen LogP contribution in [-0.2, 0) is 38.8 Å². The fourth-order valence-electron chi connectivity index (χ4n) is 5.90. The molecule has 0 spiro atoms. The molecule has 2 aromatic carbocycles. The minimum absolute atomic E-state index is 0.0694. The largest absolute Gasteiger partial charge is 0.459 e. The summed E-state index contributed by atoms with van der Waals surface area (Å²) in [6.45, 7) is 6.72. The van der Waals surface area contributed by atoms with Crippen molar-refractivity contribution in [1.29, 1.82) is 0 Å². The number of amides is 4. The Bertz CT molecular complexity index is 2620. The Kier molecular flexibility index (Phi) is 10.6. The van der Waals surface area contributed by atoms with Gasteiger partial charge < -0.3 is 9.57 Å². The van der Waals surface area contributed by atoms with E-state index in [0.717, 1.165) is 36.4 Å². The molecule has 1 N–H and O–H groups in total. The number of anilines is 2. The first kappa shape index (κ1) is 41.9. The molecule has 2 aliphatic rings. The second-order valence-corrected chi connectivity index (χ2v) is 18.5. The van der Waals surface area contributed by atoms with Crippen molar-refractivity contribution in [2.24, 2.45) is 10.2 Å². The van der Waals surface area contributed by atoms with Crippen LogP contribution in [0.4, 0.5) is 21.2 Å². The summed E-state index contributed by atoms with van der Waals surface area (Å²) < 4.78 is 54.6. The molecule has 0 saturated carbocycles. The summed E-state index contributed by atoms with van der Waals surface area (Å²) >= 11 is 0. The SMILES string of the molecule is CC(C)(C)OC(=O)N(OC(=O)N(O)C1(C)C(=O)N(c2cnccn2)N=C1c1ccc(S(C)(=O)=O)cc1)C1(C)C(=O)N(c2cnccn2)N=C1c1ccc(S(C)(=O)=O)cc1. The number of carbonyl (C=O) groups is 4. The van der Waals surface area contributed by atoms with Crippen molar-refractivity contribution in [2.45, 2.75) is 61.1 Å². The van der Waals surface area contributed by atoms with Crippen molar-refractivity contribution >= 4 is 66.7 Å². The summed E-state index contributed by atoms with van der Waals surface area (Å²) in [5, 5.41) is 22.2. The third kappa shape index (κ3) is 7.81. The fraction of sp³-hybridized carbons (Fsp3) is 0.278. The predicted molar refractivity (Wildman–Crippen MR) is 206 cm³/mol. The molecular formula is C36H36N10O11S2. The van der Waals surface area contributed by atoms with E-state index in [1.165, 1.54) is 106 Å². The molecule has 21 nitrogen and oxygen atoms in total. The lowest BCUT2D eigenvalue weighted by Crippen LogP contribution is -2.64. The highest BCUT2D eigenvalue weighted by Crippen LogP contribution is 2.37. The highest BCUT2D eigenvalue weighted by atomic mass is 32.2. The molecule has 4 amide bonds. The number of hydrogen-bond donors (Lipinski definition) is 1. The van der Waals surface area contributed by atoms with Gasteiger partial charge in [0.05, 0.1) is 22.2 Å². The summed E-state index contributed by atoms with van der Waals surface area (Å²) in [7, 11) is -7.35. The first-order valence-corrected chi connectivity index (χ1v) is 21.0. The topological polar surface area (TPSA) is 264 Å². The number of aromatic nitrogens is 4. The van der Waals surface area contributed by atoms with E-state index in [1.807, 2.05) is 0 Å². The molecule has 2 aliphatic heterocycles. The summed E-state index contributed by atoms with van der Waals surface area (Å²) in [6.07, 6.45) is 6.28. The molecule has 0 saturated heterocycles. The second-order valence-electron chi connectivity index (χ2n) is 14.4. The highest BCUT2D eigenvalue weighted by Gasteiger charge is 2.60. The van der Waals surface area contributed by atoms with Gasteiger partial charge in [-0.1, -0.05) is 24.3 Å². The number of rotatable bonds is 8. The number of nitrogens with zero attached hydrogens (tertiary/aromatic N) is 10. The van der Waals surface area contributed by atoms with Crippen LogP contribution in [0.5, 0.6) is 0 Å². The molecule has 4 heterocycles.